The lowest BCUT2D eigenvalue weighted by Crippen LogP contribution is -2.22. The van der Waals surface area contributed by atoms with Crippen molar-refractivity contribution >= 4 is 0 Å². The van der Waals surface area contributed by atoms with E-state index in [2.05, 4.69) is 4.42 Å². The molecule has 1 rings (SSSR count). The van der Waals surface area contributed by atoms with Gasteiger partial charge in [0.2, 0.25) is 0 Å². The minimum absolute atomic E-state index is 0.289. The van der Waals surface area contributed by atoms with E-state index >= 15 is 0 Å². The molecule has 1 aromatic heterocycles. The molecule has 0 aromatic carbocycles. The van der Waals surface area contributed by atoms with E-state index in [0.717, 1.165) is 0 Å². The minimum atomic E-state index is -2.84. The fourth-order valence-electron chi connectivity index (χ4n) is 0.469. The molecule has 0 bridgehead atoms. The zero-order valence-corrected chi connectivity index (χ0v) is 4.48. The molecule has 0 atom stereocenters. The van der Waals surface area contributed by atoms with Gasteiger partial charge in [-0.25, -0.2) is 0 Å². The van der Waals surface area contributed by atoms with Crippen LogP contribution in [0.1, 0.15) is 5.76 Å². The molecule has 1 heterocycles. The van der Waals surface area contributed by atoms with Crippen molar-refractivity contribution in [2.75, 3.05) is 0 Å². The molecule has 50 valence electrons. The van der Waals surface area contributed by atoms with Gasteiger partial charge >= 0.3 is 5.97 Å². The van der Waals surface area contributed by atoms with Crippen molar-refractivity contribution in [1.82, 2.24) is 0 Å². The van der Waals surface area contributed by atoms with E-state index in [9.17, 15) is 0 Å². The van der Waals surface area contributed by atoms with Crippen LogP contribution < -0.4 is 0 Å². The van der Waals surface area contributed by atoms with Crippen LogP contribution in [-0.2, 0) is 5.97 Å². The third kappa shape index (κ3) is 1.29. The Morgan fingerprint density at radius 3 is 2.22 bits per heavy atom. The van der Waals surface area contributed by atoms with E-state index < -0.39 is 5.97 Å². The van der Waals surface area contributed by atoms with Gasteiger partial charge < -0.3 is 19.7 Å². The van der Waals surface area contributed by atoms with E-state index in [-0.39, 0.29) is 5.76 Å². The van der Waals surface area contributed by atoms with Gasteiger partial charge in [-0.15, -0.1) is 0 Å². The number of hydrogen-bond acceptors (Lipinski definition) is 4. The Kier molecular flexibility index (Phi) is 1.28. The highest BCUT2D eigenvalue weighted by Gasteiger charge is 2.24. The van der Waals surface area contributed by atoms with Gasteiger partial charge in [0.1, 0.15) is 0 Å². The predicted molar refractivity (Wildman–Crippen MR) is 27.0 cm³/mol. The van der Waals surface area contributed by atoms with Gasteiger partial charge in [-0.05, 0) is 12.1 Å². The fraction of sp³-hybridized carbons (Fsp3) is 0.200. The Morgan fingerprint density at radius 2 is 2.00 bits per heavy atom. The molecule has 4 nitrogen and oxygen atoms in total. The molecule has 9 heavy (non-hydrogen) atoms. The van der Waals surface area contributed by atoms with E-state index in [1.54, 1.807) is 0 Å². The highest BCUT2D eigenvalue weighted by atomic mass is 16.7. The van der Waals surface area contributed by atoms with Crippen molar-refractivity contribution in [1.29, 1.82) is 0 Å². The predicted octanol–water partition coefficient (Wildman–Crippen LogP) is -0.633. The summed E-state index contributed by atoms with van der Waals surface area (Å²) < 4.78 is 4.45. The molecule has 4 heteroatoms. The average Bonchev–Trinajstić information content (AvgIpc) is 2.08. The van der Waals surface area contributed by atoms with Crippen LogP contribution in [0.5, 0.6) is 0 Å². The summed E-state index contributed by atoms with van der Waals surface area (Å²) >= 11 is 0. The van der Waals surface area contributed by atoms with Gasteiger partial charge in [0.15, 0.2) is 5.76 Å². The molecule has 0 saturated heterocycles. The smallest absolute Gasteiger partial charge is 0.338 e. The summed E-state index contributed by atoms with van der Waals surface area (Å²) in [5, 5.41) is 25.2. The second kappa shape index (κ2) is 1.84. The summed E-state index contributed by atoms with van der Waals surface area (Å²) in [5.74, 6) is -3.13. The Bertz CT molecular complexity index is 171. The summed E-state index contributed by atoms with van der Waals surface area (Å²) in [4.78, 5) is 0. The maximum atomic E-state index is 8.40. The summed E-state index contributed by atoms with van der Waals surface area (Å²) in [7, 11) is 0. The summed E-state index contributed by atoms with van der Waals surface area (Å²) in [5.41, 5.74) is 0. The first-order valence-electron chi connectivity index (χ1n) is 2.32. The van der Waals surface area contributed by atoms with Crippen molar-refractivity contribution < 1.29 is 19.7 Å². The lowest BCUT2D eigenvalue weighted by Gasteiger charge is -2.08. The quantitative estimate of drug-likeness (QED) is 0.442. The molecule has 1 aromatic rings. The molecule has 0 aliphatic heterocycles. The lowest BCUT2D eigenvalue weighted by molar-refractivity contribution is -0.333. The van der Waals surface area contributed by atoms with Crippen LogP contribution in [0.2, 0.25) is 0 Å². The monoisotopic (exact) mass is 130 g/mol. The van der Waals surface area contributed by atoms with Crippen molar-refractivity contribution in [2.45, 2.75) is 5.97 Å². The highest BCUT2D eigenvalue weighted by Crippen LogP contribution is 2.13. The van der Waals surface area contributed by atoms with Crippen LogP contribution in [0.25, 0.3) is 0 Å². The molecule has 3 N–H and O–H groups in total. The van der Waals surface area contributed by atoms with Crippen molar-refractivity contribution in [3.63, 3.8) is 0 Å². The Balaban J connectivity index is 2.90. The van der Waals surface area contributed by atoms with Gasteiger partial charge in [0.05, 0.1) is 6.26 Å². The number of aliphatic hydroxyl groups is 3. The second-order valence-electron chi connectivity index (χ2n) is 1.61. The summed E-state index contributed by atoms with van der Waals surface area (Å²) in [6, 6.07) is 2.69. The molecule has 0 unspecified atom stereocenters. The van der Waals surface area contributed by atoms with E-state index in [1.807, 2.05) is 0 Å². The topological polar surface area (TPSA) is 73.8 Å². The molecule has 0 amide bonds. The molecule has 0 radical (unpaired) electrons. The van der Waals surface area contributed by atoms with Crippen LogP contribution in [0.15, 0.2) is 22.8 Å². The van der Waals surface area contributed by atoms with Crippen molar-refractivity contribution in [3.8, 4) is 0 Å². The van der Waals surface area contributed by atoms with Crippen molar-refractivity contribution in [3.05, 3.63) is 24.2 Å². The van der Waals surface area contributed by atoms with Crippen LogP contribution in [0, 0.1) is 0 Å². The van der Waals surface area contributed by atoms with Gasteiger partial charge in [-0.1, -0.05) is 0 Å². The standard InChI is InChI=1S/C5H6O4/c6-5(7,8)4-2-1-3-9-4/h1-3,6-8H. The van der Waals surface area contributed by atoms with E-state index in [4.69, 9.17) is 15.3 Å². The largest absolute Gasteiger partial charge is 0.461 e. The highest BCUT2D eigenvalue weighted by molar-refractivity contribution is 5.00. The van der Waals surface area contributed by atoms with Gasteiger partial charge in [-0.3, -0.25) is 0 Å². The fourth-order valence-corrected chi connectivity index (χ4v) is 0.469. The molecule has 0 fully saturated rings. The maximum absolute atomic E-state index is 8.40. The first-order valence-corrected chi connectivity index (χ1v) is 2.32. The minimum Gasteiger partial charge on any atom is -0.461 e. The zero-order valence-electron chi connectivity index (χ0n) is 4.48. The van der Waals surface area contributed by atoms with E-state index in [0.29, 0.717) is 0 Å². The Labute approximate surface area is 51.0 Å². The average molecular weight is 130 g/mol. The number of furan rings is 1. The normalized spacial score (nSPS) is 11.9. The Morgan fingerprint density at radius 1 is 1.33 bits per heavy atom. The molecular weight excluding hydrogens is 124 g/mol. The molecule has 0 aliphatic rings. The van der Waals surface area contributed by atoms with Gasteiger partial charge in [0, 0.05) is 0 Å². The SMILES string of the molecule is OC(O)(O)c1ccco1. The molecule has 0 aliphatic carbocycles. The van der Waals surface area contributed by atoms with Crippen LogP contribution >= 0.6 is 0 Å². The summed E-state index contributed by atoms with van der Waals surface area (Å²) in [6.45, 7) is 0. The van der Waals surface area contributed by atoms with Gasteiger partial charge in [0.25, 0.3) is 0 Å². The van der Waals surface area contributed by atoms with E-state index in [1.165, 1.54) is 18.4 Å². The first-order chi connectivity index (χ1) is 4.11. The summed E-state index contributed by atoms with van der Waals surface area (Å²) in [6.07, 6.45) is 1.23. The van der Waals surface area contributed by atoms with Crippen LogP contribution in [0.3, 0.4) is 0 Å². The zero-order chi connectivity index (χ0) is 6.91. The van der Waals surface area contributed by atoms with Crippen LogP contribution in [-0.4, -0.2) is 15.3 Å². The number of rotatable bonds is 1. The van der Waals surface area contributed by atoms with Crippen molar-refractivity contribution in [2.24, 2.45) is 0 Å². The van der Waals surface area contributed by atoms with Gasteiger partial charge in [-0.2, -0.15) is 0 Å². The third-order valence-corrected chi connectivity index (χ3v) is 0.852. The van der Waals surface area contributed by atoms with Crippen LogP contribution in [0.4, 0.5) is 0 Å². The number of hydrogen-bond donors (Lipinski definition) is 3. The molecular formula is C5H6O4. The molecule has 0 spiro atoms. The second-order valence-corrected chi connectivity index (χ2v) is 1.61. The Hall–Kier alpha value is -0.840. The first kappa shape index (κ1) is 6.28. The maximum Gasteiger partial charge on any atom is 0.338 e. The third-order valence-electron chi connectivity index (χ3n) is 0.852. The molecule has 0 saturated carbocycles. The lowest BCUT2D eigenvalue weighted by atomic mass is 10.4.